The first-order chi connectivity index (χ1) is 14.5. The summed E-state index contributed by atoms with van der Waals surface area (Å²) in [5, 5.41) is 12.4. The maximum absolute atomic E-state index is 12.4. The maximum Gasteiger partial charge on any atom is 0.303 e. The number of hydrogen-bond donors (Lipinski definition) is 2. The number of carbonyl (C=O) groups excluding carboxylic acids is 1. The van der Waals surface area contributed by atoms with Crippen LogP contribution in [0.2, 0.25) is 0 Å². The number of ether oxygens (including phenoxy) is 2. The highest BCUT2D eigenvalue weighted by Gasteiger charge is 2.12. The molecule has 1 amide bonds. The fourth-order valence-electron chi connectivity index (χ4n) is 2.90. The summed E-state index contributed by atoms with van der Waals surface area (Å²) in [6.07, 6.45) is 1.91. The Morgan fingerprint density at radius 2 is 1.97 bits per heavy atom. The van der Waals surface area contributed by atoms with E-state index in [9.17, 15) is 9.59 Å². The largest absolute Gasteiger partial charge is 0.497 e. The lowest BCUT2D eigenvalue weighted by molar-refractivity contribution is -0.137. The molecule has 1 heterocycles. The number of benzene rings is 2. The van der Waals surface area contributed by atoms with Gasteiger partial charge in [0.2, 0.25) is 5.91 Å². The van der Waals surface area contributed by atoms with Crippen LogP contribution in [0, 0.1) is 0 Å². The van der Waals surface area contributed by atoms with Crippen LogP contribution in [-0.4, -0.2) is 30.7 Å². The molecule has 0 spiro atoms. The van der Waals surface area contributed by atoms with Gasteiger partial charge in [-0.1, -0.05) is 18.2 Å². The number of anilines is 1. The van der Waals surface area contributed by atoms with E-state index in [-0.39, 0.29) is 18.9 Å². The zero-order valence-electron chi connectivity index (χ0n) is 16.8. The molecule has 2 N–H and O–H groups in total. The monoisotopic (exact) mass is 409 g/mol. The Bertz CT molecular complexity index is 1080. The van der Waals surface area contributed by atoms with Gasteiger partial charge in [0.1, 0.15) is 11.5 Å². The average Bonchev–Trinajstić information content (AvgIpc) is 3.16. The number of nitrogens with one attached hydrogen (secondary N) is 1. The average molecular weight is 409 g/mol. The molecule has 30 heavy (non-hydrogen) atoms. The van der Waals surface area contributed by atoms with Crippen LogP contribution in [0.4, 0.5) is 5.69 Å². The third kappa shape index (κ3) is 5.41. The van der Waals surface area contributed by atoms with Crippen molar-refractivity contribution in [2.24, 2.45) is 0 Å². The number of aliphatic carboxylic acids is 1. The molecule has 0 bridgehead atoms. The van der Waals surface area contributed by atoms with Crippen molar-refractivity contribution < 1.29 is 28.6 Å². The van der Waals surface area contributed by atoms with Gasteiger partial charge in [0.25, 0.3) is 0 Å². The van der Waals surface area contributed by atoms with Gasteiger partial charge in [-0.05, 0) is 43.2 Å². The summed E-state index contributed by atoms with van der Waals surface area (Å²) >= 11 is 0. The van der Waals surface area contributed by atoms with Gasteiger partial charge in [-0.3, -0.25) is 9.59 Å². The van der Waals surface area contributed by atoms with E-state index in [1.807, 2.05) is 18.2 Å². The SMILES string of the molecule is COc1cccc(NC(=O)/C=C(\C)c2cc3cccc(OCCCC(=O)O)c3o2)c1. The molecule has 2 aromatic carbocycles. The summed E-state index contributed by atoms with van der Waals surface area (Å²) < 4.78 is 16.7. The molecule has 0 radical (unpaired) electrons. The van der Waals surface area contributed by atoms with E-state index in [2.05, 4.69) is 5.32 Å². The second kappa shape index (κ2) is 9.65. The zero-order chi connectivity index (χ0) is 21.5. The summed E-state index contributed by atoms with van der Waals surface area (Å²) in [4.78, 5) is 23.0. The molecule has 7 nitrogen and oxygen atoms in total. The molecule has 0 unspecified atom stereocenters. The predicted molar refractivity (Wildman–Crippen MR) is 114 cm³/mol. The number of carboxylic acid groups (broad SMARTS) is 1. The molecule has 0 aliphatic rings. The normalized spacial score (nSPS) is 11.3. The third-order valence-corrected chi connectivity index (χ3v) is 4.37. The van der Waals surface area contributed by atoms with Gasteiger partial charge >= 0.3 is 5.97 Å². The van der Waals surface area contributed by atoms with Crippen molar-refractivity contribution in [3.05, 3.63) is 60.4 Å². The molecule has 3 rings (SSSR count). The second-order valence-corrected chi connectivity index (χ2v) is 6.68. The number of carbonyl (C=O) groups is 2. The van der Waals surface area contributed by atoms with Gasteiger partial charge in [-0.15, -0.1) is 0 Å². The standard InChI is InChI=1S/C23H23NO6/c1-15(12-21(25)24-17-7-4-8-18(14-17)28-2)20-13-16-6-3-9-19(23(16)30-20)29-11-5-10-22(26)27/h3-4,6-9,12-14H,5,10-11H2,1-2H3,(H,24,25)(H,26,27)/b15-12+. The number of amides is 1. The lowest BCUT2D eigenvalue weighted by Crippen LogP contribution is -2.08. The number of para-hydroxylation sites is 1. The number of rotatable bonds is 9. The topological polar surface area (TPSA) is 98.0 Å². The fraction of sp³-hybridized carbons (Fsp3) is 0.217. The van der Waals surface area contributed by atoms with Crippen LogP contribution in [0.3, 0.4) is 0 Å². The molecule has 7 heteroatoms. The Kier molecular flexibility index (Phi) is 6.75. The fourth-order valence-corrected chi connectivity index (χ4v) is 2.90. The van der Waals surface area contributed by atoms with Crippen molar-refractivity contribution in [3.8, 4) is 11.5 Å². The number of hydrogen-bond acceptors (Lipinski definition) is 5. The number of carboxylic acids is 1. The number of methoxy groups -OCH3 is 1. The summed E-state index contributed by atoms with van der Waals surface area (Å²) in [6.45, 7) is 2.06. The molecule has 0 aliphatic carbocycles. The molecular weight excluding hydrogens is 386 g/mol. The van der Waals surface area contributed by atoms with E-state index in [0.29, 0.717) is 40.5 Å². The molecule has 0 atom stereocenters. The summed E-state index contributed by atoms with van der Waals surface area (Å²) in [5.74, 6) is 0.600. The number of furan rings is 1. The Hall–Kier alpha value is -3.74. The van der Waals surface area contributed by atoms with Gasteiger partial charge in [0, 0.05) is 29.6 Å². The van der Waals surface area contributed by atoms with Crippen LogP contribution >= 0.6 is 0 Å². The van der Waals surface area contributed by atoms with Crippen molar-refractivity contribution in [2.75, 3.05) is 19.0 Å². The highest BCUT2D eigenvalue weighted by atomic mass is 16.5. The van der Waals surface area contributed by atoms with Crippen LogP contribution < -0.4 is 14.8 Å². The van der Waals surface area contributed by atoms with Crippen molar-refractivity contribution in [1.82, 2.24) is 0 Å². The Balaban J connectivity index is 1.72. The smallest absolute Gasteiger partial charge is 0.303 e. The Labute approximate surface area is 173 Å². The molecule has 3 aromatic rings. The quantitative estimate of drug-likeness (QED) is 0.392. The van der Waals surface area contributed by atoms with E-state index in [4.69, 9.17) is 19.0 Å². The third-order valence-electron chi connectivity index (χ3n) is 4.37. The van der Waals surface area contributed by atoms with E-state index >= 15 is 0 Å². The van der Waals surface area contributed by atoms with E-state index in [1.54, 1.807) is 44.4 Å². The lowest BCUT2D eigenvalue weighted by atomic mass is 10.2. The summed E-state index contributed by atoms with van der Waals surface area (Å²) in [7, 11) is 1.57. The van der Waals surface area contributed by atoms with E-state index in [1.165, 1.54) is 6.08 Å². The molecule has 0 saturated carbocycles. The Morgan fingerprint density at radius 1 is 1.17 bits per heavy atom. The van der Waals surface area contributed by atoms with Crippen molar-refractivity contribution in [2.45, 2.75) is 19.8 Å². The minimum atomic E-state index is -0.856. The van der Waals surface area contributed by atoms with Crippen molar-refractivity contribution in [3.63, 3.8) is 0 Å². The first-order valence-corrected chi connectivity index (χ1v) is 9.47. The maximum atomic E-state index is 12.4. The second-order valence-electron chi connectivity index (χ2n) is 6.68. The van der Waals surface area contributed by atoms with Crippen LogP contribution in [0.25, 0.3) is 16.5 Å². The van der Waals surface area contributed by atoms with Crippen LogP contribution in [0.1, 0.15) is 25.5 Å². The van der Waals surface area contributed by atoms with Crippen LogP contribution in [0.5, 0.6) is 11.5 Å². The zero-order valence-corrected chi connectivity index (χ0v) is 16.8. The van der Waals surface area contributed by atoms with Gasteiger partial charge in [0.05, 0.1) is 13.7 Å². The van der Waals surface area contributed by atoms with Gasteiger partial charge in [-0.25, -0.2) is 0 Å². The van der Waals surface area contributed by atoms with Gasteiger partial charge < -0.3 is 24.3 Å². The van der Waals surface area contributed by atoms with E-state index < -0.39 is 5.97 Å². The highest BCUT2D eigenvalue weighted by Crippen LogP contribution is 2.31. The van der Waals surface area contributed by atoms with E-state index in [0.717, 1.165) is 5.39 Å². The van der Waals surface area contributed by atoms with Crippen molar-refractivity contribution >= 4 is 34.1 Å². The molecular formula is C23H23NO6. The predicted octanol–water partition coefficient (Wildman–Crippen LogP) is 4.73. The van der Waals surface area contributed by atoms with Crippen molar-refractivity contribution in [1.29, 1.82) is 0 Å². The molecule has 0 fully saturated rings. The molecule has 0 saturated heterocycles. The number of allylic oxidation sites excluding steroid dienone is 1. The molecule has 0 aliphatic heterocycles. The first-order valence-electron chi connectivity index (χ1n) is 9.47. The molecule has 1 aromatic heterocycles. The van der Waals surface area contributed by atoms with Gasteiger partial charge in [0.15, 0.2) is 11.3 Å². The first kappa shape index (κ1) is 21.0. The van der Waals surface area contributed by atoms with Gasteiger partial charge in [-0.2, -0.15) is 0 Å². The van der Waals surface area contributed by atoms with Crippen LogP contribution in [-0.2, 0) is 9.59 Å². The summed E-state index contributed by atoms with van der Waals surface area (Å²) in [6, 6.07) is 14.4. The van der Waals surface area contributed by atoms with Crippen LogP contribution in [0.15, 0.2) is 59.0 Å². The highest BCUT2D eigenvalue weighted by molar-refractivity contribution is 6.04. The minimum absolute atomic E-state index is 0.0453. The number of fused-ring (bicyclic) bond motifs is 1. The Morgan fingerprint density at radius 3 is 2.73 bits per heavy atom. The summed E-state index contributed by atoms with van der Waals surface area (Å²) in [5.41, 5.74) is 1.84. The lowest BCUT2D eigenvalue weighted by Gasteiger charge is -2.06. The molecule has 156 valence electrons. The minimum Gasteiger partial charge on any atom is -0.497 e.